The third-order valence-electron chi connectivity index (χ3n) is 6.60. The molecular weight excluding hydrogens is 456 g/mol. The fraction of sp³-hybridized carbons (Fsp3) is 0.500. The fourth-order valence-corrected chi connectivity index (χ4v) is 6.27. The van der Waals surface area contributed by atoms with Gasteiger partial charge in [0.25, 0.3) is 0 Å². The van der Waals surface area contributed by atoms with E-state index in [1.165, 1.54) is 17.5 Å². The highest BCUT2D eigenvalue weighted by Gasteiger charge is 2.27. The van der Waals surface area contributed by atoms with Gasteiger partial charge in [0.05, 0.1) is 12.0 Å². The second-order valence-electron chi connectivity index (χ2n) is 8.80. The highest BCUT2D eigenvalue weighted by atomic mass is 32.2. The van der Waals surface area contributed by atoms with E-state index in [-0.39, 0.29) is 22.8 Å². The number of methoxy groups -OCH3 is 1. The fourth-order valence-electron chi connectivity index (χ4n) is 4.71. The average Bonchev–Trinajstić information content (AvgIpc) is 3.56. The van der Waals surface area contributed by atoms with Crippen LogP contribution in [0.3, 0.4) is 0 Å². The van der Waals surface area contributed by atoms with Crippen LogP contribution in [0.25, 0.3) is 0 Å². The second-order valence-corrected chi connectivity index (χ2v) is 10.7. The standard InChI is InChI=1S/C24H32N4O5S/c1-33-24(30)22-8-5-14-28(22)20-9-15-26(16-10-20)17-11-23(29)25-19-6-4-7-21(18-19)34(31,32)27-12-2-3-13-27/h4-8,14,18,20H,2-3,9-13,15-17H2,1H3,(H,25,29). The third-order valence-corrected chi connectivity index (χ3v) is 8.49. The zero-order valence-electron chi connectivity index (χ0n) is 19.5. The topological polar surface area (TPSA) is 101 Å². The number of piperidine rings is 1. The Morgan fingerprint density at radius 2 is 1.79 bits per heavy atom. The molecule has 2 aromatic rings. The maximum atomic E-state index is 12.8. The number of amides is 1. The van der Waals surface area contributed by atoms with E-state index < -0.39 is 10.0 Å². The normalized spacial score (nSPS) is 18.1. The predicted octanol–water partition coefficient (Wildman–Crippen LogP) is 2.72. The molecule has 0 unspecified atom stereocenters. The summed E-state index contributed by atoms with van der Waals surface area (Å²) in [5.74, 6) is -0.474. The van der Waals surface area contributed by atoms with Crippen LogP contribution >= 0.6 is 0 Å². The lowest BCUT2D eigenvalue weighted by Gasteiger charge is -2.33. The molecule has 1 N–H and O–H groups in total. The molecule has 2 aliphatic rings. The van der Waals surface area contributed by atoms with Crippen molar-refractivity contribution in [3.05, 3.63) is 48.3 Å². The van der Waals surface area contributed by atoms with Crippen LogP contribution in [0.2, 0.25) is 0 Å². The maximum absolute atomic E-state index is 12.8. The number of benzene rings is 1. The number of hydrogen-bond donors (Lipinski definition) is 1. The van der Waals surface area contributed by atoms with E-state index in [0.717, 1.165) is 38.8 Å². The minimum absolute atomic E-state index is 0.142. The lowest BCUT2D eigenvalue weighted by Crippen LogP contribution is -2.37. The minimum Gasteiger partial charge on any atom is -0.464 e. The molecule has 0 saturated carbocycles. The van der Waals surface area contributed by atoms with E-state index in [2.05, 4.69) is 10.2 Å². The molecule has 2 aliphatic heterocycles. The van der Waals surface area contributed by atoms with Gasteiger partial charge in [0, 0.05) is 57.1 Å². The average molecular weight is 489 g/mol. The summed E-state index contributed by atoms with van der Waals surface area (Å²) >= 11 is 0. The Balaban J connectivity index is 1.26. The quantitative estimate of drug-likeness (QED) is 0.574. The molecule has 10 heteroatoms. The first kappa shape index (κ1) is 24.4. The van der Waals surface area contributed by atoms with Crippen molar-refractivity contribution in [3.63, 3.8) is 0 Å². The van der Waals surface area contributed by atoms with Gasteiger partial charge in [-0.1, -0.05) is 6.07 Å². The summed E-state index contributed by atoms with van der Waals surface area (Å²) in [5, 5.41) is 2.84. The summed E-state index contributed by atoms with van der Waals surface area (Å²) in [4.78, 5) is 26.9. The lowest BCUT2D eigenvalue weighted by molar-refractivity contribution is -0.116. The Morgan fingerprint density at radius 3 is 2.50 bits per heavy atom. The van der Waals surface area contributed by atoms with E-state index in [4.69, 9.17) is 4.74 Å². The van der Waals surface area contributed by atoms with Crippen LogP contribution in [-0.4, -0.2) is 73.9 Å². The minimum atomic E-state index is -3.52. The summed E-state index contributed by atoms with van der Waals surface area (Å²) in [5.41, 5.74) is 1.06. The molecule has 2 saturated heterocycles. The number of likely N-dealkylation sites (tertiary alicyclic amines) is 1. The van der Waals surface area contributed by atoms with Gasteiger partial charge < -0.3 is 19.5 Å². The number of sulfonamides is 1. The van der Waals surface area contributed by atoms with E-state index in [0.29, 0.717) is 37.4 Å². The highest BCUT2D eigenvalue weighted by Crippen LogP contribution is 2.26. The molecule has 9 nitrogen and oxygen atoms in total. The number of nitrogens with one attached hydrogen (secondary N) is 1. The molecule has 0 bridgehead atoms. The summed E-state index contributed by atoms with van der Waals surface area (Å²) in [6.45, 7) is 3.38. The zero-order valence-corrected chi connectivity index (χ0v) is 20.3. The van der Waals surface area contributed by atoms with Crippen molar-refractivity contribution in [3.8, 4) is 0 Å². The van der Waals surface area contributed by atoms with Crippen LogP contribution < -0.4 is 5.32 Å². The molecule has 0 spiro atoms. The third kappa shape index (κ3) is 5.51. The Kier molecular flexibility index (Phi) is 7.70. The molecule has 34 heavy (non-hydrogen) atoms. The first-order chi connectivity index (χ1) is 16.4. The summed E-state index contributed by atoms with van der Waals surface area (Å²) in [6.07, 6.45) is 5.77. The molecule has 2 fully saturated rings. The number of carbonyl (C=O) groups excluding carboxylic acids is 2. The monoisotopic (exact) mass is 488 g/mol. The number of hydrogen-bond acceptors (Lipinski definition) is 6. The molecule has 1 aromatic heterocycles. The van der Waals surface area contributed by atoms with Crippen molar-refractivity contribution in [2.45, 2.75) is 43.0 Å². The SMILES string of the molecule is COC(=O)c1cccn1C1CCN(CCC(=O)Nc2cccc(S(=O)(=O)N3CCCC3)c2)CC1. The van der Waals surface area contributed by atoms with Gasteiger partial charge in [-0.05, 0) is 56.0 Å². The molecule has 1 aromatic carbocycles. The first-order valence-electron chi connectivity index (χ1n) is 11.8. The summed E-state index contributed by atoms with van der Waals surface area (Å²) in [7, 11) is -2.13. The van der Waals surface area contributed by atoms with Crippen molar-refractivity contribution in [2.24, 2.45) is 0 Å². The largest absolute Gasteiger partial charge is 0.464 e. The van der Waals surface area contributed by atoms with Gasteiger partial charge in [-0.2, -0.15) is 4.31 Å². The molecule has 4 rings (SSSR count). The van der Waals surface area contributed by atoms with Gasteiger partial charge >= 0.3 is 5.97 Å². The van der Waals surface area contributed by atoms with Gasteiger partial charge in [0.2, 0.25) is 15.9 Å². The smallest absolute Gasteiger partial charge is 0.354 e. The molecule has 1 amide bonds. The number of carbonyl (C=O) groups is 2. The first-order valence-corrected chi connectivity index (χ1v) is 13.2. The van der Waals surface area contributed by atoms with E-state index >= 15 is 0 Å². The second kappa shape index (κ2) is 10.7. The van der Waals surface area contributed by atoms with Gasteiger partial charge in [-0.15, -0.1) is 0 Å². The summed E-state index contributed by atoms with van der Waals surface area (Å²) < 4.78 is 33.9. The highest BCUT2D eigenvalue weighted by molar-refractivity contribution is 7.89. The molecular formula is C24H32N4O5S. The van der Waals surface area contributed by atoms with Gasteiger partial charge in [-0.3, -0.25) is 4.79 Å². The van der Waals surface area contributed by atoms with E-state index in [1.54, 1.807) is 24.3 Å². The van der Waals surface area contributed by atoms with Crippen molar-refractivity contribution < 1.29 is 22.7 Å². The Labute approximate surface area is 200 Å². The van der Waals surface area contributed by atoms with Crippen LogP contribution in [0.1, 0.15) is 48.6 Å². The Morgan fingerprint density at radius 1 is 1.06 bits per heavy atom. The van der Waals surface area contributed by atoms with Crippen LogP contribution in [0.4, 0.5) is 5.69 Å². The van der Waals surface area contributed by atoms with Crippen LogP contribution in [0.15, 0.2) is 47.5 Å². The molecule has 0 atom stereocenters. The van der Waals surface area contributed by atoms with Crippen LogP contribution in [0, 0.1) is 0 Å². The summed E-state index contributed by atoms with van der Waals surface area (Å²) in [6, 6.07) is 10.3. The number of ether oxygens (including phenoxy) is 1. The van der Waals surface area contributed by atoms with E-state index in [1.807, 2.05) is 16.8 Å². The van der Waals surface area contributed by atoms with Gasteiger partial charge in [0.15, 0.2) is 0 Å². The molecule has 3 heterocycles. The number of esters is 1. The number of aromatic nitrogens is 1. The van der Waals surface area contributed by atoms with Crippen molar-refractivity contribution in [2.75, 3.05) is 45.2 Å². The molecule has 0 aliphatic carbocycles. The predicted molar refractivity (Wildman–Crippen MR) is 128 cm³/mol. The Bertz CT molecular complexity index is 1120. The Hall–Kier alpha value is -2.69. The van der Waals surface area contributed by atoms with Crippen molar-refractivity contribution in [1.29, 1.82) is 0 Å². The maximum Gasteiger partial charge on any atom is 0.354 e. The van der Waals surface area contributed by atoms with Crippen LogP contribution in [0.5, 0.6) is 0 Å². The molecule has 184 valence electrons. The van der Waals surface area contributed by atoms with Crippen molar-refractivity contribution in [1.82, 2.24) is 13.8 Å². The van der Waals surface area contributed by atoms with Gasteiger partial charge in [-0.25, -0.2) is 13.2 Å². The number of anilines is 1. The lowest BCUT2D eigenvalue weighted by atomic mass is 10.0. The van der Waals surface area contributed by atoms with E-state index in [9.17, 15) is 18.0 Å². The zero-order chi connectivity index (χ0) is 24.1. The van der Waals surface area contributed by atoms with Gasteiger partial charge in [0.1, 0.15) is 5.69 Å². The number of rotatable bonds is 8. The van der Waals surface area contributed by atoms with Crippen molar-refractivity contribution >= 4 is 27.6 Å². The number of nitrogens with zero attached hydrogens (tertiary/aromatic N) is 3. The van der Waals surface area contributed by atoms with Crippen LogP contribution in [-0.2, 0) is 19.6 Å². The molecule has 0 radical (unpaired) electrons.